The molecule has 3 heteroatoms. The molecule has 1 N–H and O–H groups in total. The lowest BCUT2D eigenvalue weighted by Crippen LogP contribution is -2.40. The van der Waals surface area contributed by atoms with Gasteiger partial charge in [0, 0.05) is 19.2 Å². The molecule has 2 atom stereocenters. The van der Waals surface area contributed by atoms with Gasteiger partial charge in [-0.15, -0.1) is 0 Å². The number of benzene rings is 1. The van der Waals surface area contributed by atoms with Gasteiger partial charge in [-0.25, -0.2) is 0 Å². The summed E-state index contributed by atoms with van der Waals surface area (Å²) < 4.78 is 5.18. The molecule has 0 saturated carbocycles. The van der Waals surface area contributed by atoms with E-state index < -0.39 is 0 Å². The van der Waals surface area contributed by atoms with Crippen LogP contribution in [0.2, 0.25) is 0 Å². The molecule has 1 aromatic carbocycles. The van der Waals surface area contributed by atoms with Gasteiger partial charge in [0.2, 0.25) is 0 Å². The molecule has 0 aromatic heterocycles. The van der Waals surface area contributed by atoms with Crippen molar-refractivity contribution in [2.45, 2.75) is 38.8 Å². The average molecular weight is 263 g/mol. The lowest BCUT2D eigenvalue weighted by molar-refractivity contribution is 0.102. The minimum Gasteiger partial charge on any atom is -0.497 e. The Balaban J connectivity index is 1.88. The third-order valence-electron chi connectivity index (χ3n) is 4.20. The maximum Gasteiger partial charge on any atom is 0.118 e. The molecule has 106 valence electrons. The van der Waals surface area contributed by atoms with Crippen LogP contribution in [-0.2, 0) is 6.54 Å². The number of ether oxygens (including phenoxy) is 1. The minimum atomic E-state index is 0.329. The van der Waals surface area contributed by atoms with E-state index in [4.69, 9.17) is 9.84 Å². The Morgan fingerprint density at radius 3 is 2.63 bits per heavy atom. The van der Waals surface area contributed by atoms with Crippen LogP contribution in [0.3, 0.4) is 0 Å². The first kappa shape index (κ1) is 14.4. The van der Waals surface area contributed by atoms with Gasteiger partial charge in [-0.2, -0.15) is 0 Å². The number of hydrogen-bond donors (Lipinski definition) is 1. The van der Waals surface area contributed by atoms with Crippen LogP contribution in [0.4, 0.5) is 0 Å². The molecule has 0 aliphatic carbocycles. The fourth-order valence-corrected chi connectivity index (χ4v) is 2.96. The molecule has 0 spiro atoms. The van der Waals surface area contributed by atoms with Crippen LogP contribution in [0.15, 0.2) is 24.3 Å². The number of piperidine rings is 1. The van der Waals surface area contributed by atoms with Gasteiger partial charge in [0.15, 0.2) is 0 Å². The third kappa shape index (κ3) is 3.95. The number of nitrogens with zero attached hydrogens (tertiary/aromatic N) is 1. The molecular weight excluding hydrogens is 238 g/mol. The molecular formula is C16H25NO2. The molecule has 1 aliphatic rings. The highest BCUT2D eigenvalue weighted by Crippen LogP contribution is 2.26. The SMILES string of the molecule is COc1ccc(CN2CC[C@H](CCO)C[C@@H]2C)cc1. The zero-order valence-corrected chi connectivity index (χ0v) is 12.0. The van der Waals surface area contributed by atoms with E-state index in [9.17, 15) is 0 Å². The van der Waals surface area contributed by atoms with Crippen molar-refractivity contribution < 1.29 is 9.84 Å². The highest BCUT2D eigenvalue weighted by molar-refractivity contribution is 5.27. The van der Waals surface area contributed by atoms with E-state index in [1.165, 1.54) is 18.4 Å². The number of likely N-dealkylation sites (tertiary alicyclic amines) is 1. The van der Waals surface area contributed by atoms with E-state index in [2.05, 4.69) is 24.0 Å². The maximum absolute atomic E-state index is 9.03. The average Bonchev–Trinajstić information content (AvgIpc) is 2.43. The van der Waals surface area contributed by atoms with Crippen LogP contribution < -0.4 is 4.74 Å². The van der Waals surface area contributed by atoms with Crippen molar-refractivity contribution in [1.82, 2.24) is 4.90 Å². The van der Waals surface area contributed by atoms with E-state index in [-0.39, 0.29) is 0 Å². The Hall–Kier alpha value is -1.06. The number of hydrogen-bond acceptors (Lipinski definition) is 3. The minimum absolute atomic E-state index is 0.329. The second-order valence-corrected chi connectivity index (χ2v) is 5.57. The van der Waals surface area contributed by atoms with Gasteiger partial charge in [0.05, 0.1) is 7.11 Å². The van der Waals surface area contributed by atoms with Crippen LogP contribution >= 0.6 is 0 Å². The second kappa shape index (κ2) is 6.92. The van der Waals surface area contributed by atoms with Gasteiger partial charge in [-0.05, 0) is 56.3 Å². The van der Waals surface area contributed by atoms with Crippen LogP contribution in [0, 0.1) is 5.92 Å². The van der Waals surface area contributed by atoms with Gasteiger partial charge in [0.25, 0.3) is 0 Å². The third-order valence-corrected chi connectivity index (χ3v) is 4.20. The quantitative estimate of drug-likeness (QED) is 0.886. The van der Waals surface area contributed by atoms with Crippen molar-refractivity contribution in [3.05, 3.63) is 29.8 Å². The Morgan fingerprint density at radius 1 is 1.32 bits per heavy atom. The molecule has 0 radical (unpaired) electrons. The van der Waals surface area contributed by atoms with Crippen molar-refractivity contribution in [1.29, 1.82) is 0 Å². The number of aliphatic hydroxyl groups excluding tert-OH is 1. The summed E-state index contributed by atoms with van der Waals surface area (Å²) in [6, 6.07) is 8.95. The maximum atomic E-state index is 9.03. The summed E-state index contributed by atoms with van der Waals surface area (Å²) in [7, 11) is 1.70. The summed E-state index contributed by atoms with van der Waals surface area (Å²) in [4.78, 5) is 2.54. The first-order valence-corrected chi connectivity index (χ1v) is 7.20. The second-order valence-electron chi connectivity index (χ2n) is 5.57. The summed E-state index contributed by atoms with van der Waals surface area (Å²) in [5.74, 6) is 1.62. The zero-order chi connectivity index (χ0) is 13.7. The molecule has 0 bridgehead atoms. The van der Waals surface area contributed by atoms with Gasteiger partial charge >= 0.3 is 0 Å². The van der Waals surface area contributed by atoms with Crippen LogP contribution in [0.25, 0.3) is 0 Å². The van der Waals surface area contributed by atoms with E-state index in [1.54, 1.807) is 7.11 Å². The van der Waals surface area contributed by atoms with Crippen LogP contribution in [0.5, 0.6) is 5.75 Å². The first-order chi connectivity index (χ1) is 9.22. The van der Waals surface area contributed by atoms with Crippen LogP contribution in [-0.4, -0.2) is 36.3 Å². The smallest absolute Gasteiger partial charge is 0.118 e. The van der Waals surface area contributed by atoms with Crippen molar-refractivity contribution in [3.63, 3.8) is 0 Å². The summed E-state index contributed by atoms with van der Waals surface area (Å²) in [6.45, 7) is 4.78. The molecule has 1 heterocycles. The van der Waals surface area contributed by atoms with Gasteiger partial charge < -0.3 is 9.84 Å². The predicted octanol–water partition coefficient (Wildman–Crippen LogP) is 2.68. The number of methoxy groups -OCH3 is 1. The normalized spacial score (nSPS) is 24.4. The predicted molar refractivity (Wildman–Crippen MR) is 77.3 cm³/mol. The van der Waals surface area contributed by atoms with Crippen molar-refractivity contribution in [2.75, 3.05) is 20.3 Å². The summed E-state index contributed by atoms with van der Waals surface area (Å²) in [5.41, 5.74) is 1.34. The topological polar surface area (TPSA) is 32.7 Å². The van der Waals surface area contributed by atoms with Crippen molar-refractivity contribution in [2.24, 2.45) is 5.92 Å². The fourth-order valence-electron chi connectivity index (χ4n) is 2.96. The standard InChI is InChI=1S/C16H25NO2/c1-13-11-14(8-10-18)7-9-17(13)12-15-3-5-16(19-2)6-4-15/h3-6,13-14,18H,7-12H2,1-2H3/t13-,14+/m0/s1. The summed E-state index contributed by atoms with van der Waals surface area (Å²) in [6.07, 6.45) is 3.37. The summed E-state index contributed by atoms with van der Waals surface area (Å²) in [5, 5.41) is 9.03. The molecule has 1 fully saturated rings. The van der Waals surface area contributed by atoms with E-state index in [0.29, 0.717) is 18.6 Å². The van der Waals surface area contributed by atoms with Gasteiger partial charge in [-0.3, -0.25) is 4.90 Å². The molecule has 1 saturated heterocycles. The Kier molecular flexibility index (Phi) is 5.23. The first-order valence-electron chi connectivity index (χ1n) is 7.20. The fraction of sp³-hybridized carbons (Fsp3) is 0.625. The molecule has 0 amide bonds. The molecule has 1 aliphatic heterocycles. The van der Waals surface area contributed by atoms with Gasteiger partial charge in [0.1, 0.15) is 5.75 Å². The lowest BCUT2D eigenvalue weighted by Gasteiger charge is -2.37. The zero-order valence-electron chi connectivity index (χ0n) is 12.0. The number of aliphatic hydroxyl groups is 1. The number of rotatable bonds is 5. The lowest BCUT2D eigenvalue weighted by atomic mass is 9.89. The van der Waals surface area contributed by atoms with E-state index >= 15 is 0 Å². The van der Waals surface area contributed by atoms with Crippen LogP contribution in [0.1, 0.15) is 31.7 Å². The van der Waals surface area contributed by atoms with Crippen molar-refractivity contribution in [3.8, 4) is 5.75 Å². The van der Waals surface area contributed by atoms with E-state index in [0.717, 1.165) is 25.3 Å². The molecule has 19 heavy (non-hydrogen) atoms. The Bertz CT molecular complexity index is 377. The molecule has 0 unspecified atom stereocenters. The van der Waals surface area contributed by atoms with Gasteiger partial charge in [-0.1, -0.05) is 12.1 Å². The Morgan fingerprint density at radius 2 is 2.05 bits per heavy atom. The molecule has 2 rings (SSSR count). The highest BCUT2D eigenvalue weighted by atomic mass is 16.5. The monoisotopic (exact) mass is 263 g/mol. The van der Waals surface area contributed by atoms with Crippen molar-refractivity contribution >= 4 is 0 Å². The Labute approximate surface area is 116 Å². The molecule has 1 aromatic rings. The van der Waals surface area contributed by atoms with E-state index in [1.807, 2.05) is 12.1 Å². The summed E-state index contributed by atoms with van der Waals surface area (Å²) >= 11 is 0. The molecule has 3 nitrogen and oxygen atoms in total. The largest absolute Gasteiger partial charge is 0.497 e. The highest BCUT2D eigenvalue weighted by Gasteiger charge is 2.24.